The average Bonchev–Trinajstić information content (AvgIpc) is 3.34. The van der Waals surface area contributed by atoms with Crippen molar-refractivity contribution in [1.29, 1.82) is 0 Å². The number of anilines is 1. The number of aromatic nitrogens is 2. The lowest BCUT2D eigenvalue weighted by Gasteiger charge is -2.42. The number of halogens is 9. The van der Waals surface area contributed by atoms with Gasteiger partial charge in [-0.05, 0) is 88.2 Å². The fourth-order valence-electron chi connectivity index (χ4n) is 8.21. The molecule has 2 aliphatic rings. The first-order chi connectivity index (χ1) is 36.1. The van der Waals surface area contributed by atoms with Crippen LogP contribution in [0.25, 0.3) is 11.3 Å². The molecule has 6 N–H and O–H groups in total. The Hall–Kier alpha value is -7.21. The van der Waals surface area contributed by atoms with E-state index in [1.165, 1.54) is 29.6 Å². The zero-order valence-electron chi connectivity index (χ0n) is 42.2. The molecule has 2 aromatic carbocycles. The van der Waals surface area contributed by atoms with E-state index in [2.05, 4.69) is 41.7 Å². The van der Waals surface area contributed by atoms with Crippen molar-refractivity contribution >= 4 is 29.8 Å². The molecule has 4 atom stereocenters. The van der Waals surface area contributed by atoms with Gasteiger partial charge in [-0.3, -0.25) is 24.9 Å². The molecule has 4 unspecified atom stereocenters. The second-order valence-corrected chi connectivity index (χ2v) is 19.5. The van der Waals surface area contributed by atoms with Crippen LogP contribution < -0.4 is 26.3 Å². The van der Waals surface area contributed by atoms with Crippen LogP contribution in [0.3, 0.4) is 0 Å². The van der Waals surface area contributed by atoms with Crippen molar-refractivity contribution < 1.29 is 78.4 Å². The van der Waals surface area contributed by atoms with Gasteiger partial charge in [0.15, 0.2) is 0 Å². The van der Waals surface area contributed by atoms with Gasteiger partial charge in [0.05, 0.1) is 61.2 Å². The van der Waals surface area contributed by atoms with E-state index in [4.69, 9.17) is 4.74 Å². The van der Waals surface area contributed by atoms with Crippen LogP contribution in [0.5, 0.6) is 0 Å². The minimum Gasteiger partial charge on any atom is -0.465 e. The number of nitrogens with zero attached hydrogens (tertiary/aromatic N) is 5. The summed E-state index contributed by atoms with van der Waals surface area (Å²) in [5, 5.41) is 27.6. The Morgan fingerprint density at radius 1 is 0.779 bits per heavy atom. The molecule has 2 aromatic heterocycles. The lowest BCUT2D eigenvalue weighted by Crippen LogP contribution is -2.63. The van der Waals surface area contributed by atoms with Crippen LogP contribution >= 0.6 is 0 Å². The molecular weight excluding hydrogens is 1040 g/mol. The topological polar surface area (TPSA) is 211 Å². The molecule has 2 aliphatic heterocycles. The molecular formula is C51H56F9N9O8. The number of benzene rings is 2. The Kier molecular flexibility index (Phi) is 18.7. The Morgan fingerprint density at radius 3 is 1.87 bits per heavy atom. The van der Waals surface area contributed by atoms with Gasteiger partial charge in [0.2, 0.25) is 5.91 Å². The van der Waals surface area contributed by atoms with E-state index < -0.39 is 114 Å². The fraction of sp³-hybridized carbons (Fsp3) is 0.451. The zero-order chi connectivity index (χ0) is 56.6. The predicted octanol–water partition coefficient (Wildman–Crippen LogP) is 5.94. The molecule has 416 valence electrons. The molecule has 4 aromatic rings. The van der Waals surface area contributed by atoms with Crippen molar-refractivity contribution in [1.82, 2.24) is 41.3 Å². The molecule has 6 rings (SSSR count). The fourth-order valence-corrected chi connectivity index (χ4v) is 8.21. The number of amides is 4. The van der Waals surface area contributed by atoms with Crippen LogP contribution in [0.1, 0.15) is 49.9 Å². The number of hydrogen-bond donors (Lipinski definition) is 6. The molecule has 26 heteroatoms. The first kappa shape index (κ1) is 59.0. The number of alkyl carbamates (subject to hydrolysis) is 1. The smallest absolute Gasteiger partial charge is 0.407 e. The Labute approximate surface area is 436 Å². The molecule has 0 spiro atoms. The standard InChI is InChI=1S/C51H56F9N9O8/c1-48(2,50(55,56)57)42(65-47(75)76-5)44(71)63-39(20-30-9-6-29(7-10-30)8-11-31-12-15-41(62-23-31)68-18-16-67(17-19-68)34-27-77-28-34)40(70)26-69(66-45(72)43(64-46(73)74)49(3,4)51(58,59)60)25-35-36(53)21-32(22-37(35)54)38-14-13-33(52)24-61-38/h6-7,9-10,12-15,21-24,34,39-40,42-43,64,70H,16-20,25-28H2,1-5H3,(H,63,71)(H,65,75)(H,66,72)(H,73,74). The number of hydrogen-bond acceptors (Lipinski definition) is 12. The largest absolute Gasteiger partial charge is 0.465 e. The summed E-state index contributed by atoms with van der Waals surface area (Å²) in [6, 6.07) is 6.85. The van der Waals surface area contributed by atoms with Crippen LogP contribution in [0.2, 0.25) is 0 Å². The van der Waals surface area contributed by atoms with E-state index in [0.29, 0.717) is 49.9 Å². The molecule has 0 radical (unpaired) electrons. The van der Waals surface area contributed by atoms with Crippen molar-refractivity contribution in [3.63, 3.8) is 0 Å². The summed E-state index contributed by atoms with van der Waals surface area (Å²) in [5.41, 5.74) is -4.10. The lowest BCUT2D eigenvalue weighted by atomic mass is 9.82. The number of hydrazine groups is 1. The van der Waals surface area contributed by atoms with Gasteiger partial charge < -0.3 is 40.5 Å². The average molecular weight is 1090 g/mol. The molecule has 0 aliphatic carbocycles. The van der Waals surface area contributed by atoms with E-state index in [0.717, 1.165) is 82.8 Å². The number of pyridine rings is 2. The van der Waals surface area contributed by atoms with Crippen LogP contribution in [-0.4, -0.2) is 150 Å². The maximum atomic E-state index is 16.0. The number of rotatable bonds is 18. The second-order valence-electron chi connectivity index (χ2n) is 19.5. The van der Waals surface area contributed by atoms with E-state index in [1.807, 2.05) is 22.9 Å². The molecule has 17 nitrogen and oxygen atoms in total. The van der Waals surface area contributed by atoms with Gasteiger partial charge in [-0.25, -0.2) is 32.8 Å². The van der Waals surface area contributed by atoms with Crippen LogP contribution in [0.15, 0.2) is 73.1 Å². The highest BCUT2D eigenvalue weighted by Gasteiger charge is 2.57. The molecule has 77 heavy (non-hydrogen) atoms. The molecule has 2 saturated heterocycles. The number of nitrogens with one attached hydrogen (secondary N) is 4. The van der Waals surface area contributed by atoms with Crippen LogP contribution in [-0.2, 0) is 32.0 Å². The highest BCUT2D eigenvalue weighted by molar-refractivity contribution is 5.87. The van der Waals surface area contributed by atoms with Crippen LogP contribution in [0.4, 0.5) is 54.9 Å². The Morgan fingerprint density at radius 2 is 1.36 bits per heavy atom. The minimum absolute atomic E-state index is 0.0940. The monoisotopic (exact) mass is 1090 g/mol. The molecule has 2 fully saturated rings. The Balaban J connectivity index is 1.31. The van der Waals surface area contributed by atoms with Gasteiger partial charge in [-0.2, -0.15) is 26.3 Å². The van der Waals surface area contributed by atoms with Gasteiger partial charge in [0, 0.05) is 67.7 Å². The van der Waals surface area contributed by atoms with Crippen molar-refractivity contribution in [3.05, 3.63) is 113 Å². The second kappa shape index (κ2) is 24.4. The number of aliphatic hydroxyl groups excluding tert-OH is 1. The van der Waals surface area contributed by atoms with Gasteiger partial charge in [-0.15, -0.1) is 0 Å². The lowest BCUT2D eigenvalue weighted by molar-refractivity contribution is -0.221. The highest BCUT2D eigenvalue weighted by atomic mass is 19.4. The summed E-state index contributed by atoms with van der Waals surface area (Å²) in [4.78, 5) is 64.9. The normalized spacial score (nSPS) is 16.2. The first-order valence-electron chi connectivity index (χ1n) is 23.8. The summed E-state index contributed by atoms with van der Waals surface area (Å²) in [7, 11) is 0.822. The number of alkyl halides is 6. The van der Waals surface area contributed by atoms with E-state index >= 15 is 8.78 Å². The summed E-state index contributed by atoms with van der Waals surface area (Å²) in [6.45, 7) is 4.72. The zero-order valence-corrected chi connectivity index (χ0v) is 42.2. The predicted molar refractivity (Wildman–Crippen MR) is 259 cm³/mol. The van der Waals surface area contributed by atoms with Gasteiger partial charge >= 0.3 is 24.5 Å². The quantitative estimate of drug-likeness (QED) is 0.0388. The number of aliphatic hydroxyl groups is 1. The maximum Gasteiger partial charge on any atom is 0.407 e. The summed E-state index contributed by atoms with van der Waals surface area (Å²) in [5.74, 6) is 0.0186. The van der Waals surface area contributed by atoms with Gasteiger partial charge in [0.1, 0.15) is 35.4 Å². The number of carboxylic acid groups (broad SMARTS) is 1. The third-order valence-electron chi connectivity index (χ3n) is 13.4. The highest BCUT2D eigenvalue weighted by Crippen LogP contribution is 2.42. The number of piperazine rings is 1. The SMILES string of the molecule is COC(=O)NC(C(=O)NC(Cc1ccc(C#Cc2ccc(N3CCN(C4COC4)CC3)nc2)cc1)C(O)CN(Cc1c(F)cc(-c2ccc(F)cn2)cc1F)NC(=O)C(NC(=O)O)C(C)(C)C(F)(F)F)C(C)(C)C(F)(F)F. The van der Waals surface area contributed by atoms with Crippen LogP contribution in [0, 0.1) is 40.1 Å². The summed E-state index contributed by atoms with van der Waals surface area (Å²) in [6.07, 6.45) is -14.2. The van der Waals surface area contributed by atoms with E-state index in [-0.39, 0.29) is 16.8 Å². The minimum atomic E-state index is -5.26. The molecule has 0 bridgehead atoms. The number of carbonyl (C=O) groups is 4. The maximum absolute atomic E-state index is 16.0. The third-order valence-corrected chi connectivity index (χ3v) is 13.4. The molecule has 0 saturated carbocycles. The van der Waals surface area contributed by atoms with E-state index in [1.54, 1.807) is 6.20 Å². The molecule has 4 heterocycles. The third kappa shape index (κ3) is 14.8. The van der Waals surface area contributed by atoms with Crippen molar-refractivity contribution in [2.45, 2.75) is 83.3 Å². The Bertz CT molecular complexity index is 2760. The number of ether oxygens (including phenoxy) is 2. The number of methoxy groups -OCH3 is 1. The number of carbonyl (C=O) groups excluding carboxylic acids is 3. The summed E-state index contributed by atoms with van der Waals surface area (Å²) >= 11 is 0. The molecule has 4 amide bonds. The van der Waals surface area contributed by atoms with Crippen molar-refractivity contribution in [2.75, 3.05) is 57.9 Å². The first-order valence-corrected chi connectivity index (χ1v) is 23.8. The van der Waals surface area contributed by atoms with Gasteiger partial charge in [-0.1, -0.05) is 24.0 Å². The van der Waals surface area contributed by atoms with Crippen molar-refractivity contribution in [2.24, 2.45) is 10.8 Å². The van der Waals surface area contributed by atoms with Gasteiger partial charge in [0.25, 0.3) is 5.91 Å². The van der Waals surface area contributed by atoms with E-state index in [9.17, 15) is 60.1 Å². The summed E-state index contributed by atoms with van der Waals surface area (Å²) < 4.78 is 142. The van der Waals surface area contributed by atoms with Crippen molar-refractivity contribution in [3.8, 4) is 23.1 Å².